The van der Waals surface area contributed by atoms with Crippen LogP contribution in [0.25, 0.3) is 0 Å². The monoisotopic (exact) mass is 352 g/mol. The van der Waals surface area contributed by atoms with Crippen LogP contribution in [0.4, 0.5) is 0 Å². The second kappa shape index (κ2) is 8.73. The van der Waals surface area contributed by atoms with E-state index in [4.69, 9.17) is 29.8 Å². The van der Waals surface area contributed by atoms with Gasteiger partial charge in [-0.25, -0.2) is 4.79 Å². The van der Waals surface area contributed by atoms with E-state index in [-0.39, 0.29) is 37.4 Å². The molecule has 0 aliphatic heterocycles. The van der Waals surface area contributed by atoms with Crippen LogP contribution in [-0.2, 0) is 30.4 Å². The molecule has 0 saturated carbocycles. The van der Waals surface area contributed by atoms with Gasteiger partial charge in [-0.3, -0.25) is 4.57 Å². The number of alkyl halides is 1. The Morgan fingerprint density at radius 2 is 1.77 bits per heavy atom. The molecular weight excluding hydrogens is 331 g/mol. The van der Waals surface area contributed by atoms with E-state index in [1.54, 1.807) is 27.7 Å². The summed E-state index contributed by atoms with van der Waals surface area (Å²) in [5.74, 6) is 0.220. The van der Waals surface area contributed by atoms with Crippen molar-refractivity contribution >= 4 is 25.2 Å². The highest BCUT2D eigenvalue weighted by molar-refractivity contribution is 7.53. The first-order valence-corrected chi connectivity index (χ1v) is 9.40. The van der Waals surface area contributed by atoms with Gasteiger partial charge in [0.1, 0.15) is 17.1 Å². The molecule has 0 amide bonds. The molecule has 0 radical (unpaired) electrons. The summed E-state index contributed by atoms with van der Waals surface area (Å²) in [4.78, 5) is 12.1. The van der Waals surface area contributed by atoms with Crippen molar-refractivity contribution in [2.45, 2.75) is 39.7 Å². The largest absolute Gasteiger partial charge is 0.464 e. The molecule has 126 valence electrons. The van der Waals surface area contributed by atoms with Crippen molar-refractivity contribution in [3.63, 3.8) is 0 Å². The number of rotatable bonds is 9. The molecule has 1 rings (SSSR count). The molecule has 0 aliphatic rings. The zero-order valence-corrected chi connectivity index (χ0v) is 15.0. The molecule has 1 heterocycles. The predicted octanol–water partition coefficient (Wildman–Crippen LogP) is 4.27. The highest BCUT2D eigenvalue weighted by Gasteiger charge is 2.32. The van der Waals surface area contributed by atoms with Crippen molar-refractivity contribution in [2.24, 2.45) is 0 Å². The quantitative estimate of drug-likeness (QED) is 0.375. The lowest BCUT2D eigenvalue weighted by molar-refractivity contribution is 0.0523. The van der Waals surface area contributed by atoms with E-state index in [1.165, 1.54) is 0 Å². The van der Waals surface area contributed by atoms with Gasteiger partial charge in [0.25, 0.3) is 0 Å². The van der Waals surface area contributed by atoms with E-state index in [0.29, 0.717) is 17.1 Å². The molecule has 0 aliphatic carbocycles. The van der Waals surface area contributed by atoms with Crippen molar-refractivity contribution in [1.29, 1.82) is 0 Å². The maximum Gasteiger partial charge on any atom is 0.342 e. The summed E-state index contributed by atoms with van der Waals surface area (Å²) in [5.41, 5.74) is 0.674. The fourth-order valence-electron chi connectivity index (χ4n) is 2.08. The summed E-state index contributed by atoms with van der Waals surface area (Å²) in [7, 11) is -3.36. The van der Waals surface area contributed by atoms with Gasteiger partial charge < -0.3 is 18.2 Å². The fraction of sp³-hybridized carbons (Fsp3) is 0.643. The third-order valence-electron chi connectivity index (χ3n) is 2.89. The fourth-order valence-corrected chi connectivity index (χ4v) is 4.08. The average molecular weight is 353 g/mol. The summed E-state index contributed by atoms with van der Waals surface area (Å²) in [5, 5.41) is 0. The summed E-state index contributed by atoms with van der Waals surface area (Å²) in [6.45, 7) is 7.54. The molecule has 8 heteroatoms. The van der Waals surface area contributed by atoms with Crippen LogP contribution in [0, 0.1) is 6.92 Å². The standard InChI is InChI=1S/C14H22ClO6P/c1-5-18-14(16)13-11(10(4)21-12(13)8-15)9-22(17,19-6-2)20-7-3/h5-9H2,1-4H3. The zero-order valence-electron chi connectivity index (χ0n) is 13.3. The van der Waals surface area contributed by atoms with Crippen molar-refractivity contribution in [3.8, 4) is 0 Å². The van der Waals surface area contributed by atoms with Crippen LogP contribution in [0.1, 0.15) is 48.2 Å². The van der Waals surface area contributed by atoms with Gasteiger partial charge in [-0.1, -0.05) is 0 Å². The minimum atomic E-state index is -3.36. The predicted molar refractivity (Wildman–Crippen MR) is 83.5 cm³/mol. The normalized spacial score (nSPS) is 11.7. The van der Waals surface area contributed by atoms with Gasteiger partial charge in [-0.2, -0.15) is 0 Å². The maximum atomic E-state index is 12.7. The van der Waals surface area contributed by atoms with Crippen molar-refractivity contribution in [2.75, 3.05) is 19.8 Å². The number of hydrogen-bond donors (Lipinski definition) is 0. The second-order valence-corrected chi connectivity index (χ2v) is 6.72. The summed E-state index contributed by atoms with van der Waals surface area (Å²) < 4.78 is 33.8. The lowest BCUT2D eigenvalue weighted by Gasteiger charge is -2.17. The first-order chi connectivity index (χ1) is 10.4. The lowest BCUT2D eigenvalue weighted by Crippen LogP contribution is -2.10. The van der Waals surface area contributed by atoms with Crippen LogP contribution < -0.4 is 0 Å². The van der Waals surface area contributed by atoms with Gasteiger partial charge in [-0.05, 0) is 27.7 Å². The molecule has 6 nitrogen and oxygen atoms in total. The van der Waals surface area contributed by atoms with Crippen molar-refractivity contribution < 1.29 is 27.6 Å². The number of ether oxygens (including phenoxy) is 1. The smallest absolute Gasteiger partial charge is 0.342 e. The molecule has 0 N–H and O–H groups in total. The topological polar surface area (TPSA) is 75.0 Å². The molecule has 1 aromatic rings. The van der Waals surface area contributed by atoms with Crippen molar-refractivity contribution in [1.82, 2.24) is 0 Å². The zero-order chi connectivity index (χ0) is 16.8. The van der Waals surface area contributed by atoms with Gasteiger partial charge in [0, 0.05) is 5.56 Å². The van der Waals surface area contributed by atoms with E-state index in [0.717, 1.165) is 0 Å². The molecule has 0 unspecified atom stereocenters. The number of halogens is 1. The molecule has 1 aromatic heterocycles. The van der Waals surface area contributed by atoms with Crippen LogP contribution >= 0.6 is 19.2 Å². The Kier molecular flexibility index (Phi) is 7.63. The molecule has 0 fully saturated rings. The Morgan fingerprint density at radius 3 is 2.23 bits per heavy atom. The van der Waals surface area contributed by atoms with Gasteiger partial charge in [0.05, 0.1) is 31.9 Å². The molecule has 0 saturated heterocycles. The number of esters is 1. The van der Waals surface area contributed by atoms with Gasteiger partial charge in [0.2, 0.25) is 0 Å². The molecule has 0 bridgehead atoms. The Hall–Kier alpha value is -0.810. The average Bonchev–Trinajstić information content (AvgIpc) is 2.76. The van der Waals surface area contributed by atoms with Crippen LogP contribution in [-0.4, -0.2) is 25.8 Å². The third kappa shape index (κ3) is 4.59. The number of carbonyl (C=O) groups is 1. The van der Waals surface area contributed by atoms with Gasteiger partial charge >= 0.3 is 13.6 Å². The minimum Gasteiger partial charge on any atom is -0.464 e. The van der Waals surface area contributed by atoms with Crippen LogP contribution in [0.15, 0.2) is 4.42 Å². The lowest BCUT2D eigenvalue weighted by atomic mass is 10.1. The Balaban J connectivity index is 3.25. The molecular formula is C14H22ClO6P. The van der Waals surface area contributed by atoms with Crippen LogP contribution in [0.2, 0.25) is 0 Å². The second-order valence-electron chi connectivity index (χ2n) is 4.39. The highest BCUT2D eigenvalue weighted by Crippen LogP contribution is 2.52. The van der Waals surface area contributed by atoms with E-state index in [9.17, 15) is 9.36 Å². The number of aryl methyl sites for hydroxylation is 1. The van der Waals surface area contributed by atoms with Gasteiger partial charge in [-0.15, -0.1) is 11.6 Å². The van der Waals surface area contributed by atoms with E-state index < -0.39 is 13.6 Å². The van der Waals surface area contributed by atoms with E-state index >= 15 is 0 Å². The Bertz CT molecular complexity index is 544. The Morgan fingerprint density at radius 1 is 1.18 bits per heavy atom. The molecule has 22 heavy (non-hydrogen) atoms. The number of hydrogen-bond acceptors (Lipinski definition) is 6. The van der Waals surface area contributed by atoms with Gasteiger partial charge in [0.15, 0.2) is 0 Å². The Labute approximate surface area is 135 Å². The first kappa shape index (κ1) is 19.2. The third-order valence-corrected chi connectivity index (χ3v) is 5.14. The molecule has 0 aromatic carbocycles. The summed E-state index contributed by atoms with van der Waals surface area (Å²) in [6, 6.07) is 0. The van der Waals surface area contributed by atoms with E-state index in [2.05, 4.69) is 0 Å². The number of furan rings is 1. The molecule has 0 atom stereocenters. The highest BCUT2D eigenvalue weighted by atomic mass is 35.5. The summed E-state index contributed by atoms with van der Waals surface area (Å²) in [6.07, 6.45) is -0.0605. The SMILES string of the molecule is CCOC(=O)c1c(CCl)oc(C)c1CP(=O)(OCC)OCC. The maximum absolute atomic E-state index is 12.7. The minimum absolute atomic E-state index is 0.0164. The van der Waals surface area contributed by atoms with Crippen LogP contribution in [0.3, 0.4) is 0 Å². The van der Waals surface area contributed by atoms with Crippen molar-refractivity contribution in [3.05, 3.63) is 22.6 Å². The first-order valence-electron chi connectivity index (χ1n) is 7.14. The molecule has 0 spiro atoms. The van der Waals surface area contributed by atoms with E-state index in [1.807, 2.05) is 0 Å². The van der Waals surface area contributed by atoms with Crippen LogP contribution in [0.5, 0.6) is 0 Å². The number of carbonyl (C=O) groups excluding carboxylic acids is 1. The summed E-state index contributed by atoms with van der Waals surface area (Å²) >= 11 is 5.82.